The molecular formula is C16H31N3O. The van der Waals surface area contributed by atoms with E-state index in [2.05, 4.69) is 35.9 Å². The van der Waals surface area contributed by atoms with Crippen molar-refractivity contribution in [2.24, 2.45) is 0 Å². The van der Waals surface area contributed by atoms with Crippen LogP contribution in [0, 0.1) is 0 Å². The third-order valence-corrected chi connectivity index (χ3v) is 4.94. The molecule has 20 heavy (non-hydrogen) atoms. The van der Waals surface area contributed by atoms with Crippen LogP contribution in [0.5, 0.6) is 0 Å². The van der Waals surface area contributed by atoms with Crippen molar-refractivity contribution in [2.45, 2.75) is 71.0 Å². The molecule has 1 N–H and O–H groups in total. The van der Waals surface area contributed by atoms with Gasteiger partial charge in [-0.15, -0.1) is 0 Å². The van der Waals surface area contributed by atoms with Crippen molar-refractivity contribution < 1.29 is 4.79 Å². The summed E-state index contributed by atoms with van der Waals surface area (Å²) in [6, 6.07) is 0. The van der Waals surface area contributed by atoms with Crippen molar-refractivity contribution >= 4 is 5.91 Å². The Kier molecular flexibility index (Phi) is 5.44. The Morgan fingerprint density at radius 1 is 1.25 bits per heavy atom. The molecule has 2 unspecified atom stereocenters. The monoisotopic (exact) mass is 281 g/mol. The van der Waals surface area contributed by atoms with E-state index in [9.17, 15) is 4.79 Å². The SMILES string of the molecule is CCCC1NC(C)(CC)C(=O)N1CCCN1CCCC1. The van der Waals surface area contributed by atoms with Crippen LogP contribution in [0.1, 0.15) is 59.3 Å². The minimum Gasteiger partial charge on any atom is -0.326 e. The highest BCUT2D eigenvalue weighted by Gasteiger charge is 2.45. The van der Waals surface area contributed by atoms with Crippen LogP contribution in [-0.4, -0.2) is 53.6 Å². The lowest BCUT2D eigenvalue weighted by Gasteiger charge is -2.25. The van der Waals surface area contributed by atoms with Gasteiger partial charge in [0.15, 0.2) is 0 Å². The van der Waals surface area contributed by atoms with Gasteiger partial charge in [0, 0.05) is 6.54 Å². The average Bonchev–Trinajstić information content (AvgIpc) is 3.02. The Hall–Kier alpha value is -0.610. The lowest BCUT2D eigenvalue weighted by atomic mass is 9.99. The fraction of sp³-hybridized carbons (Fsp3) is 0.938. The second-order valence-electron chi connectivity index (χ2n) is 6.54. The Labute approximate surface area is 123 Å². The minimum atomic E-state index is -0.340. The zero-order valence-electron chi connectivity index (χ0n) is 13.5. The fourth-order valence-electron chi connectivity index (χ4n) is 3.45. The maximum absolute atomic E-state index is 12.6. The highest BCUT2D eigenvalue weighted by molar-refractivity contribution is 5.88. The molecule has 0 aliphatic carbocycles. The third-order valence-electron chi connectivity index (χ3n) is 4.94. The molecule has 0 radical (unpaired) electrons. The predicted octanol–water partition coefficient (Wildman–Crippen LogP) is 2.20. The summed E-state index contributed by atoms with van der Waals surface area (Å²) in [5, 5.41) is 3.56. The first kappa shape index (κ1) is 15.8. The van der Waals surface area contributed by atoms with Crippen LogP contribution in [0.25, 0.3) is 0 Å². The quantitative estimate of drug-likeness (QED) is 0.777. The molecule has 0 aromatic heterocycles. The van der Waals surface area contributed by atoms with Crippen LogP contribution < -0.4 is 5.32 Å². The van der Waals surface area contributed by atoms with Crippen LogP contribution in [0.3, 0.4) is 0 Å². The van der Waals surface area contributed by atoms with Gasteiger partial charge in [-0.1, -0.05) is 20.3 Å². The van der Waals surface area contributed by atoms with E-state index in [4.69, 9.17) is 0 Å². The smallest absolute Gasteiger partial charge is 0.243 e. The highest BCUT2D eigenvalue weighted by Crippen LogP contribution is 2.26. The number of hydrogen-bond donors (Lipinski definition) is 1. The van der Waals surface area contributed by atoms with E-state index in [1.54, 1.807) is 0 Å². The lowest BCUT2D eigenvalue weighted by Crippen LogP contribution is -2.43. The molecule has 1 amide bonds. The third kappa shape index (κ3) is 3.34. The Morgan fingerprint density at radius 3 is 2.55 bits per heavy atom. The van der Waals surface area contributed by atoms with Gasteiger partial charge in [0.2, 0.25) is 5.91 Å². The standard InChI is InChI=1S/C16H31N3O/c1-4-9-14-17-16(3,5-2)15(20)19(14)13-8-12-18-10-6-7-11-18/h14,17H,4-13H2,1-3H3. The molecule has 4 nitrogen and oxygen atoms in total. The van der Waals surface area contributed by atoms with E-state index in [0.29, 0.717) is 5.91 Å². The Morgan fingerprint density at radius 2 is 1.95 bits per heavy atom. The second-order valence-corrected chi connectivity index (χ2v) is 6.54. The average molecular weight is 281 g/mol. The number of rotatable bonds is 7. The molecule has 0 bridgehead atoms. The molecule has 2 heterocycles. The molecule has 4 heteroatoms. The summed E-state index contributed by atoms with van der Waals surface area (Å²) in [6.45, 7) is 10.9. The molecule has 2 aliphatic heterocycles. The molecule has 2 rings (SSSR count). The van der Waals surface area contributed by atoms with Gasteiger partial charge < -0.3 is 9.80 Å². The summed E-state index contributed by atoms with van der Waals surface area (Å²) >= 11 is 0. The number of carbonyl (C=O) groups is 1. The van der Waals surface area contributed by atoms with Gasteiger partial charge in [-0.25, -0.2) is 0 Å². The van der Waals surface area contributed by atoms with Crippen molar-refractivity contribution in [1.82, 2.24) is 15.1 Å². The van der Waals surface area contributed by atoms with E-state index in [1.807, 2.05) is 0 Å². The van der Waals surface area contributed by atoms with Gasteiger partial charge in [0.1, 0.15) is 0 Å². The zero-order valence-corrected chi connectivity index (χ0v) is 13.5. The van der Waals surface area contributed by atoms with Gasteiger partial charge in [-0.2, -0.15) is 0 Å². The summed E-state index contributed by atoms with van der Waals surface area (Å²) in [5.74, 6) is 0.305. The maximum atomic E-state index is 12.6. The number of carbonyl (C=O) groups excluding carboxylic acids is 1. The van der Waals surface area contributed by atoms with Crippen LogP contribution >= 0.6 is 0 Å². The molecular weight excluding hydrogens is 250 g/mol. The van der Waals surface area contributed by atoms with Crippen LogP contribution in [0.2, 0.25) is 0 Å². The molecule has 0 aromatic rings. The summed E-state index contributed by atoms with van der Waals surface area (Å²) in [7, 11) is 0. The van der Waals surface area contributed by atoms with Crippen LogP contribution in [0.15, 0.2) is 0 Å². The summed E-state index contributed by atoms with van der Waals surface area (Å²) < 4.78 is 0. The first-order chi connectivity index (χ1) is 9.60. The van der Waals surface area contributed by atoms with Gasteiger partial charge in [-0.3, -0.25) is 10.1 Å². The maximum Gasteiger partial charge on any atom is 0.243 e. The van der Waals surface area contributed by atoms with Crippen molar-refractivity contribution in [3.05, 3.63) is 0 Å². The van der Waals surface area contributed by atoms with Crippen LogP contribution in [0.4, 0.5) is 0 Å². The van der Waals surface area contributed by atoms with E-state index < -0.39 is 0 Å². The van der Waals surface area contributed by atoms with Gasteiger partial charge >= 0.3 is 0 Å². The summed E-state index contributed by atoms with van der Waals surface area (Å²) in [5.41, 5.74) is -0.340. The molecule has 0 aromatic carbocycles. The minimum absolute atomic E-state index is 0.246. The molecule has 2 atom stereocenters. The first-order valence-corrected chi connectivity index (χ1v) is 8.42. The second kappa shape index (κ2) is 6.90. The van der Waals surface area contributed by atoms with Gasteiger partial charge in [0.05, 0.1) is 11.7 Å². The molecule has 0 spiro atoms. The Balaban J connectivity index is 1.87. The number of likely N-dealkylation sites (tertiary alicyclic amines) is 1. The lowest BCUT2D eigenvalue weighted by molar-refractivity contribution is -0.133. The van der Waals surface area contributed by atoms with Crippen molar-refractivity contribution in [3.8, 4) is 0 Å². The summed E-state index contributed by atoms with van der Waals surface area (Å²) in [6.07, 6.45) is 7.09. The molecule has 116 valence electrons. The van der Waals surface area contributed by atoms with Gasteiger partial charge in [0.25, 0.3) is 0 Å². The Bertz CT molecular complexity index is 328. The first-order valence-electron chi connectivity index (χ1n) is 8.42. The van der Waals surface area contributed by atoms with E-state index in [1.165, 1.54) is 25.9 Å². The predicted molar refractivity (Wildman–Crippen MR) is 82.5 cm³/mol. The van der Waals surface area contributed by atoms with Crippen molar-refractivity contribution in [1.29, 1.82) is 0 Å². The van der Waals surface area contributed by atoms with E-state index in [0.717, 1.165) is 38.8 Å². The van der Waals surface area contributed by atoms with E-state index in [-0.39, 0.29) is 11.7 Å². The molecule has 0 saturated carbocycles. The largest absolute Gasteiger partial charge is 0.326 e. The van der Waals surface area contributed by atoms with Crippen LogP contribution in [-0.2, 0) is 4.79 Å². The number of nitrogens with one attached hydrogen (secondary N) is 1. The topological polar surface area (TPSA) is 35.6 Å². The highest BCUT2D eigenvalue weighted by atomic mass is 16.2. The number of amides is 1. The fourth-order valence-corrected chi connectivity index (χ4v) is 3.45. The molecule has 2 saturated heterocycles. The summed E-state index contributed by atoms with van der Waals surface area (Å²) in [4.78, 5) is 17.3. The van der Waals surface area contributed by atoms with E-state index >= 15 is 0 Å². The normalized spacial score (nSPS) is 31.4. The van der Waals surface area contributed by atoms with Crippen molar-refractivity contribution in [3.63, 3.8) is 0 Å². The van der Waals surface area contributed by atoms with Gasteiger partial charge in [-0.05, 0) is 58.7 Å². The number of nitrogens with zero attached hydrogens (tertiary/aromatic N) is 2. The van der Waals surface area contributed by atoms with Crippen molar-refractivity contribution in [2.75, 3.05) is 26.2 Å². The number of hydrogen-bond acceptors (Lipinski definition) is 3. The molecule has 2 fully saturated rings. The molecule has 2 aliphatic rings. The zero-order chi connectivity index (χ0) is 14.6.